The van der Waals surface area contributed by atoms with Crippen molar-refractivity contribution >= 4 is 12.1 Å². The Morgan fingerprint density at radius 1 is 1.78 bits per heavy atom. The first kappa shape index (κ1) is 8.26. The van der Waals surface area contributed by atoms with Gasteiger partial charge in [-0.2, -0.15) is 0 Å². The summed E-state index contributed by atoms with van der Waals surface area (Å²) >= 11 is 0. The molecule has 0 aromatic carbocycles. The molecule has 52 valence electrons. The van der Waals surface area contributed by atoms with Crippen LogP contribution in [0.4, 0.5) is 0 Å². The average molecular weight is 132 g/mol. The molecule has 0 aromatic rings. The number of ketones is 1. The zero-order valence-corrected chi connectivity index (χ0v) is 5.00. The molecule has 4 nitrogen and oxygen atoms in total. The number of hydrogen-bond donors (Lipinski definition) is 2. The Kier molecular flexibility index (Phi) is 2.48. The molecule has 0 bridgehead atoms. The van der Waals surface area contributed by atoms with Crippen molar-refractivity contribution in [3.8, 4) is 0 Å². The number of rotatable bonds is 3. The van der Waals surface area contributed by atoms with E-state index in [1.807, 2.05) is 0 Å². The maximum Gasteiger partial charge on any atom is 0.196 e. The van der Waals surface area contributed by atoms with Gasteiger partial charge in [0.2, 0.25) is 0 Å². The largest absolute Gasteiger partial charge is 0.388 e. The fourth-order valence-corrected chi connectivity index (χ4v) is 0.226. The van der Waals surface area contributed by atoms with Gasteiger partial charge < -0.3 is 10.2 Å². The van der Waals surface area contributed by atoms with Crippen molar-refractivity contribution < 1.29 is 19.8 Å². The van der Waals surface area contributed by atoms with Crippen LogP contribution in [0, 0.1) is 0 Å². The van der Waals surface area contributed by atoms with E-state index in [0.717, 1.165) is 6.92 Å². The van der Waals surface area contributed by atoms with Crippen molar-refractivity contribution in [1.29, 1.82) is 0 Å². The van der Waals surface area contributed by atoms with E-state index in [1.54, 1.807) is 0 Å². The molecule has 1 atom stereocenters. The molecule has 0 aliphatic carbocycles. The molecular formula is C5H8O4. The summed E-state index contributed by atoms with van der Waals surface area (Å²) in [5, 5.41) is 16.8. The van der Waals surface area contributed by atoms with Crippen molar-refractivity contribution in [2.24, 2.45) is 0 Å². The summed E-state index contributed by atoms with van der Waals surface area (Å²) in [5.74, 6) is -0.891. The number of carbonyl (C=O) groups is 2. The molecule has 1 unspecified atom stereocenters. The number of aliphatic hydroxyl groups excluding tert-OH is 1. The van der Waals surface area contributed by atoms with Crippen LogP contribution in [0.15, 0.2) is 0 Å². The van der Waals surface area contributed by atoms with Crippen molar-refractivity contribution in [1.82, 2.24) is 0 Å². The van der Waals surface area contributed by atoms with Crippen LogP contribution in [0.1, 0.15) is 6.92 Å². The first-order valence-electron chi connectivity index (χ1n) is 2.37. The second kappa shape index (κ2) is 2.70. The van der Waals surface area contributed by atoms with Crippen LogP contribution in [0.25, 0.3) is 0 Å². The Morgan fingerprint density at radius 2 is 2.22 bits per heavy atom. The molecule has 4 heteroatoms. The van der Waals surface area contributed by atoms with Gasteiger partial charge in [0.1, 0.15) is 6.61 Å². The minimum absolute atomic E-state index is 0.0888. The van der Waals surface area contributed by atoms with E-state index in [1.165, 1.54) is 0 Å². The molecule has 0 aliphatic rings. The number of Topliss-reactive ketones (excluding diaryl/α,β-unsaturated/α-hetero) is 1. The lowest BCUT2D eigenvalue weighted by Gasteiger charge is -2.10. The fourth-order valence-electron chi connectivity index (χ4n) is 0.226. The molecule has 0 saturated carbocycles. The van der Waals surface area contributed by atoms with Gasteiger partial charge in [-0.3, -0.25) is 9.59 Å². The molecule has 0 radical (unpaired) electrons. The zero-order valence-electron chi connectivity index (χ0n) is 5.00. The van der Waals surface area contributed by atoms with Crippen LogP contribution in [-0.4, -0.2) is 34.5 Å². The first-order valence-corrected chi connectivity index (χ1v) is 2.37. The molecule has 0 spiro atoms. The molecule has 0 amide bonds. The first-order chi connectivity index (χ1) is 4.04. The van der Waals surface area contributed by atoms with Crippen LogP contribution in [0.3, 0.4) is 0 Å². The summed E-state index contributed by atoms with van der Waals surface area (Å²) in [6.07, 6.45) is 0.0888. The average Bonchev–Trinajstić information content (AvgIpc) is 1.86. The molecule has 0 rings (SSSR count). The highest BCUT2D eigenvalue weighted by Gasteiger charge is 2.27. The lowest BCUT2D eigenvalue weighted by Crippen LogP contribution is -2.38. The van der Waals surface area contributed by atoms with Crippen LogP contribution in [0.5, 0.6) is 0 Å². The molecular weight excluding hydrogens is 124 g/mol. The Morgan fingerprint density at radius 3 is 2.33 bits per heavy atom. The van der Waals surface area contributed by atoms with Gasteiger partial charge in [0, 0.05) is 0 Å². The van der Waals surface area contributed by atoms with Gasteiger partial charge in [-0.15, -0.1) is 0 Å². The molecule has 0 fully saturated rings. The lowest BCUT2D eigenvalue weighted by atomic mass is 10.0. The fraction of sp³-hybridized carbons (Fsp3) is 0.600. The molecule has 2 N–H and O–H groups in total. The van der Waals surface area contributed by atoms with Gasteiger partial charge in [-0.1, -0.05) is 0 Å². The summed E-state index contributed by atoms with van der Waals surface area (Å²) in [6, 6.07) is 0. The van der Waals surface area contributed by atoms with Gasteiger partial charge in [0.25, 0.3) is 0 Å². The van der Waals surface area contributed by atoms with E-state index >= 15 is 0 Å². The minimum atomic E-state index is -2.02. The monoisotopic (exact) mass is 132 g/mol. The van der Waals surface area contributed by atoms with E-state index in [-0.39, 0.29) is 6.29 Å². The summed E-state index contributed by atoms with van der Waals surface area (Å²) in [6.45, 7) is 0.213. The van der Waals surface area contributed by atoms with Crippen LogP contribution in [0.2, 0.25) is 0 Å². The second-order valence-electron chi connectivity index (χ2n) is 1.85. The highest BCUT2D eigenvalue weighted by molar-refractivity contribution is 6.01. The standard InChI is InChI=1S/C5H8O4/c1-5(9,3-7)4(8)2-6/h3,6,9H,2H2,1H3. The quantitative estimate of drug-likeness (QED) is 0.362. The predicted molar refractivity (Wildman–Crippen MR) is 28.8 cm³/mol. The maximum atomic E-state index is 10.3. The van der Waals surface area contributed by atoms with Crippen LogP contribution >= 0.6 is 0 Å². The Bertz CT molecular complexity index is 127. The molecule has 0 aromatic heterocycles. The van der Waals surface area contributed by atoms with Gasteiger partial charge in [0.05, 0.1) is 0 Å². The summed E-state index contributed by atoms with van der Waals surface area (Å²) < 4.78 is 0. The van der Waals surface area contributed by atoms with Crippen molar-refractivity contribution in [2.45, 2.75) is 12.5 Å². The Labute approximate surface area is 52.1 Å². The van der Waals surface area contributed by atoms with Crippen molar-refractivity contribution in [3.63, 3.8) is 0 Å². The molecule has 9 heavy (non-hydrogen) atoms. The Balaban J connectivity index is 4.14. The van der Waals surface area contributed by atoms with Gasteiger partial charge in [-0.05, 0) is 6.92 Å². The molecule has 0 heterocycles. The molecule has 0 aliphatic heterocycles. The lowest BCUT2D eigenvalue weighted by molar-refractivity contribution is -0.144. The summed E-state index contributed by atoms with van der Waals surface area (Å²) in [5.41, 5.74) is -2.02. The third-order valence-electron chi connectivity index (χ3n) is 0.938. The summed E-state index contributed by atoms with van der Waals surface area (Å²) in [7, 11) is 0. The normalized spacial score (nSPS) is 16.3. The smallest absolute Gasteiger partial charge is 0.196 e. The summed E-state index contributed by atoms with van der Waals surface area (Å²) in [4.78, 5) is 20.2. The van der Waals surface area contributed by atoms with Crippen LogP contribution in [-0.2, 0) is 9.59 Å². The van der Waals surface area contributed by atoms with E-state index < -0.39 is 18.0 Å². The van der Waals surface area contributed by atoms with Crippen molar-refractivity contribution in [3.05, 3.63) is 0 Å². The minimum Gasteiger partial charge on any atom is -0.388 e. The topological polar surface area (TPSA) is 74.6 Å². The van der Waals surface area contributed by atoms with Crippen LogP contribution < -0.4 is 0 Å². The predicted octanol–water partition coefficient (Wildman–Crippen LogP) is -1.50. The zero-order chi connectivity index (χ0) is 7.49. The third-order valence-corrected chi connectivity index (χ3v) is 0.938. The van der Waals surface area contributed by atoms with E-state index in [0.29, 0.717) is 0 Å². The van der Waals surface area contributed by atoms with Gasteiger partial charge in [-0.25, -0.2) is 0 Å². The Hall–Kier alpha value is -0.740. The third kappa shape index (κ3) is 1.91. The maximum absolute atomic E-state index is 10.3. The number of aldehydes is 1. The number of hydrogen-bond acceptors (Lipinski definition) is 4. The number of carbonyl (C=O) groups excluding carboxylic acids is 2. The highest BCUT2D eigenvalue weighted by Crippen LogP contribution is 1.98. The van der Waals surface area contributed by atoms with E-state index in [4.69, 9.17) is 10.2 Å². The van der Waals surface area contributed by atoms with Gasteiger partial charge in [0.15, 0.2) is 17.7 Å². The number of aliphatic hydroxyl groups is 2. The van der Waals surface area contributed by atoms with Crippen molar-refractivity contribution in [2.75, 3.05) is 6.61 Å². The second-order valence-corrected chi connectivity index (χ2v) is 1.85. The van der Waals surface area contributed by atoms with E-state index in [9.17, 15) is 9.59 Å². The SMILES string of the molecule is CC(O)(C=O)C(=O)CO. The van der Waals surface area contributed by atoms with Gasteiger partial charge >= 0.3 is 0 Å². The van der Waals surface area contributed by atoms with E-state index in [2.05, 4.69) is 0 Å². The molecule has 0 saturated heterocycles. The highest BCUT2D eigenvalue weighted by atomic mass is 16.3.